The van der Waals surface area contributed by atoms with E-state index in [1.165, 1.54) is 0 Å². The highest BCUT2D eigenvalue weighted by Gasteiger charge is 2.30. The van der Waals surface area contributed by atoms with E-state index in [1.807, 2.05) is 0 Å². The van der Waals surface area contributed by atoms with Gasteiger partial charge in [-0.05, 0) is 30.0 Å². The van der Waals surface area contributed by atoms with Crippen LogP contribution in [-0.4, -0.2) is 17.9 Å². The van der Waals surface area contributed by atoms with Crippen molar-refractivity contribution in [3.05, 3.63) is 29.3 Å². The van der Waals surface area contributed by atoms with Crippen molar-refractivity contribution in [1.82, 2.24) is 5.48 Å². The summed E-state index contributed by atoms with van der Waals surface area (Å²) < 4.78 is 35.7. The number of phenols is 1. The maximum atomic E-state index is 11.9. The summed E-state index contributed by atoms with van der Waals surface area (Å²) in [5.74, 6) is 0.183. The Labute approximate surface area is 96.2 Å². The molecule has 0 aromatic heterocycles. The van der Waals surface area contributed by atoms with Crippen LogP contribution in [0.2, 0.25) is 0 Å². The van der Waals surface area contributed by atoms with Gasteiger partial charge in [-0.3, -0.25) is 4.84 Å². The van der Waals surface area contributed by atoms with Gasteiger partial charge in [0.2, 0.25) is 0 Å². The molecular formula is C11H12F3NO2. The Morgan fingerprint density at radius 3 is 2.88 bits per heavy atom. The molecule has 1 aliphatic rings. The van der Waals surface area contributed by atoms with E-state index in [0.29, 0.717) is 12.8 Å². The topological polar surface area (TPSA) is 41.5 Å². The van der Waals surface area contributed by atoms with E-state index in [1.54, 1.807) is 18.2 Å². The smallest absolute Gasteiger partial charge is 0.413 e. The first-order valence-electron chi connectivity index (χ1n) is 5.22. The van der Waals surface area contributed by atoms with E-state index in [9.17, 15) is 18.3 Å². The van der Waals surface area contributed by atoms with Gasteiger partial charge in [0.15, 0.2) is 6.61 Å². The zero-order chi connectivity index (χ0) is 12.5. The standard InChI is InChI=1S/C11H12F3NO2/c12-11(13,14)6-17-15-9-5-4-8-7(9)2-1-3-10(8)16/h1-3,9,15-16H,4-6H2. The predicted octanol–water partition coefficient (Wildman–Crippen LogP) is 2.46. The molecule has 17 heavy (non-hydrogen) atoms. The molecule has 2 N–H and O–H groups in total. The second-order valence-corrected chi connectivity index (χ2v) is 3.96. The number of hydroxylamine groups is 1. The predicted molar refractivity (Wildman–Crippen MR) is 54.3 cm³/mol. The molecule has 0 amide bonds. The number of nitrogens with one attached hydrogen (secondary N) is 1. The molecule has 0 radical (unpaired) electrons. The summed E-state index contributed by atoms with van der Waals surface area (Å²) >= 11 is 0. The summed E-state index contributed by atoms with van der Waals surface area (Å²) in [7, 11) is 0. The lowest BCUT2D eigenvalue weighted by atomic mass is 10.1. The number of rotatable bonds is 3. The summed E-state index contributed by atoms with van der Waals surface area (Å²) in [5.41, 5.74) is 3.97. The molecule has 0 fully saturated rings. The number of aromatic hydroxyl groups is 1. The Balaban J connectivity index is 1.96. The SMILES string of the molecule is Oc1cccc2c1CCC2NOCC(F)(F)F. The van der Waals surface area contributed by atoms with Crippen molar-refractivity contribution in [2.24, 2.45) is 0 Å². The third-order valence-electron chi connectivity index (χ3n) is 2.71. The van der Waals surface area contributed by atoms with Crippen molar-refractivity contribution < 1.29 is 23.1 Å². The van der Waals surface area contributed by atoms with Crippen molar-refractivity contribution in [2.75, 3.05) is 6.61 Å². The minimum atomic E-state index is -4.34. The molecule has 0 aliphatic heterocycles. The van der Waals surface area contributed by atoms with Gasteiger partial charge in [-0.15, -0.1) is 0 Å². The van der Waals surface area contributed by atoms with E-state index in [-0.39, 0.29) is 11.8 Å². The van der Waals surface area contributed by atoms with E-state index in [4.69, 9.17) is 0 Å². The van der Waals surface area contributed by atoms with Crippen LogP contribution >= 0.6 is 0 Å². The van der Waals surface area contributed by atoms with Gasteiger partial charge < -0.3 is 5.11 Å². The zero-order valence-electron chi connectivity index (χ0n) is 8.92. The van der Waals surface area contributed by atoms with Crippen molar-refractivity contribution >= 4 is 0 Å². The van der Waals surface area contributed by atoms with Crippen molar-refractivity contribution in [1.29, 1.82) is 0 Å². The molecule has 0 heterocycles. The zero-order valence-corrected chi connectivity index (χ0v) is 8.92. The number of alkyl halides is 3. The Morgan fingerprint density at radius 2 is 2.18 bits per heavy atom. The lowest BCUT2D eigenvalue weighted by Gasteiger charge is -2.15. The fourth-order valence-corrected chi connectivity index (χ4v) is 1.98. The van der Waals surface area contributed by atoms with Gasteiger partial charge in [0, 0.05) is 0 Å². The molecule has 1 atom stereocenters. The monoisotopic (exact) mass is 247 g/mol. The quantitative estimate of drug-likeness (QED) is 0.806. The highest BCUT2D eigenvalue weighted by molar-refractivity contribution is 5.43. The number of hydrogen-bond acceptors (Lipinski definition) is 3. The Bertz CT molecular complexity index is 406. The summed E-state index contributed by atoms with van der Waals surface area (Å²) in [5, 5.41) is 9.56. The van der Waals surface area contributed by atoms with Crippen LogP contribution in [0.5, 0.6) is 5.75 Å². The summed E-state index contributed by atoms with van der Waals surface area (Å²) in [6.45, 7) is -1.32. The molecule has 6 heteroatoms. The van der Waals surface area contributed by atoms with Crippen molar-refractivity contribution in [2.45, 2.75) is 25.1 Å². The Morgan fingerprint density at radius 1 is 1.41 bits per heavy atom. The van der Waals surface area contributed by atoms with E-state index in [0.717, 1.165) is 11.1 Å². The van der Waals surface area contributed by atoms with Crippen LogP contribution in [0.3, 0.4) is 0 Å². The van der Waals surface area contributed by atoms with Crippen molar-refractivity contribution in [3.8, 4) is 5.75 Å². The van der Waals surface area contributed by atoms with Gasteiger partial charge >= 0.3 is 6.18 Å². The molecule has 1 aromatic carbocycles. The minimum Gasteiger partial charge on any atom is -0.508 e. The Kier molecular flexibility index (Phi) is 3.26. The first kappa shape index (κ1) is 12.2. The number of hydrogen-bond donors (Lipinski definition) is 2. The maximum Gasteiger partial charge on any atom is 0.413 e. The first-order valence-corrected chi connectivity index (χ1v) is 5.22. The molecule has 0 spiro atoms. The molecule has 0 saturated carbocycles. The highest BCUT2D eigenvalue weighted by Crippen LogP contribution is 2.36. The molecule has 0 saturated heterocycles. The lowest BCUT2D eigenvalue weighted by Crippen LogP contribution is -2.27. The molecule has 94 valence electrons. The molecule has 1 aliphatic carbocycles. The van der Waals surface area contributed by atoms with Gasteiger partial charge in [0.25, 0.3) is 0 Å². The normalized spacial score (nSPS) is 19.4. The minimum absolute atomic E-state index is 0.183. The highest BCUT2D eigenvalue weighted by atomic mass is 19.4. The fourth-order valence-electron chi connectivity index (χ4n) is 1.98. The van der Waals surface area contributed by atoms with Crippen molar-refractivity contribution in [3.63, 3.8) is 0 Å². The summed E-state index contributed by atoms with van der Waals surface area (Å²) in [6.07, 6.45) is -3.09. The van der Waals surface area contributed by atoms with Gasteiger partial charge in [-0.2, -0.15) is 18.7 Å². The third kappa shape index (κ3) is 2.89. The van der Waals surface area contributed by atoms with Crippen LogP contribution in [0.4, 0.5) is 13.2 Å². The van der Waals surface area contributed by atoms with Crippen LogP contribution in [0.1, 0.15) is 23.6 Å². The molecular weight excluding hydrogens is 235 g/mol. The maximum absolute atomic E-state index is 11.9. The number of fused-ring (bicyclic) bond motifs is 1. The lowest BCUT2D eigenvalue weighted by molar-refractivity contribution is -0.193. The van der Waals surface area contributed by atoms with E-state index in [2.05, 4.69) is 10.3 Å². The molecule has 1 unspecified atom stereocenters. The van der Waals surface area contributed by atoms with Gasteiger partial charge in [0.1, 0.15) is 5.75 Å². The fraction of sp³-hybridized carbons (Fsp3) is 0.455. The number of halogens is 3. The van der Waals surface area contributed by atoms with Crippen LogP contribution in [0.15, 0.2) is 18.2 Å². The van der Waals surface area contributed by atoms with Crippen LogP contribution in [0, 0.1) is 0 Å². The molecule has 1 aromatic rings. The average Bonchev–Trinajstić information content (AvgIpc) is 2.61. The first-order chi connectivity index (χ1) is 7.97. The van der Waals surface area contributed by atoms with E-state index < -0.39 is 12.8 Å². The largest absolute Gasteiger partial charge is 0.508 e. The molecule has 3 nitrogen and oxygen atoms in total. The van der Waals surface area contributed by atoms with E-state index >= 15 is 0 Å². The average molecular weight is 247 g/mol. The summed E-state index contributed by atoms with van der Waals surface area (Å²) in [4.78, 5) is 4.42. The number of phenolic OH excluding ortho intramolecular Hbond substituents is 1. The summed E-state index contributed by atoms with van der Waals surface area (Å²) in [6, 6.07) is 4.71. The van der Waals surface area contributed by atoms with Crippen LogP contribution < -0.4 is 5.48 Å². The molecule has 2 rings (SSSR count). The van der Waals surface area contributed by atoms with Gasteiger partial charge in [-0.1, -0.05) is 12.1 Å². The van der Waals surface area contributed by atoms with Gasteiger partial charge in [-0.25, -0.2) is 0 Å². The van der Waals surface area contributed by atoms with Gasteiger partial charge in [0.05, 0.1) is 6.04 Å². The second-order valence-electron chi connectivity index (χ2n) is 3.96. The molecule has 0 bridgehead atoms. The number of benzene rings is 1. The second kappa shape index (κ2) is 4.54. The third-order valence-corrected chi connectivity index (χ3v) is 2.71. The van der Waals surface area contributed by atoms with Crippen LogP contribution in [0.25, 0.3) is 0 Å². The van der Waals surface area contributed by atoms with Crippen LogP contribution in [-0.2, 0) is 11.3 Å². The Hall–Kier alpha value is -1.27.